The number of hydrazine groups is 1. The molecule has 1 atom stereocenters. The van der Waals surface area contributed by atoms with Gasteiger partial charge in [-0.3, -0.25) is 0 Å². The van der Waals surface area contributed by atoms with Gasteiger partial charge in [-0.25, -0.2) is 5.53 Å². The molecule has 0 amide bonds. The predicted octanol–water partition coefficient (Wildman–Crippen LogP) is 1.43. The Hall–Kier alpha value is -1.82. The van der Waals surface area contributed by atoms with E-state index < -0.39 is 0 Å². The van der Waals surface area contributed by atoms with E-state index in [1.807, 2.05) is 24.3 Å². The molecule has 0 bridgehead atoms. The SMILES string of the molecule is O=NCc1ccc(C2N=NNN2)cc1. The minimum absolute atomic E-state index is 0.145. The molecule has 1 heterocycles. The lowest BCUT2D eigenvalue weighted by Crippen LogP contribution is -2.23. The summed E-state index contributed by atoms with van der Waals surface area (Å²) in [6.45, 7) is 0.206. The molecule has 2 rings (SSSR count). The zero-order chi connectivity index (χ0) is 9.80. The van der Waals surface area contributed by atoms with Gasteiger partial charge in [0.1, 0.15) is 6.54 Å². The molecule has 1 aromatic carbocycles. The Morgan fingerprint density at radius 2 is 2.14 bits per heavy atom. The van der Waals surface area contributed by atoms with Gasteiger partial charge >= 0.3 is 0 Å². The van der Waals surface area contributed by atoms with Crippen LogP contribution in [0.1, 0.15) is 17.3 Å². The van der Waals surface area contributed by atoms with E-state index in [9.17, 15) is 4.91 Å². The molecule has 0 saturated heterocycles. The number of hydrogen-bond acceptors (Lipinski definition) is 6. The van der Waals surface area contributed by atoms with Crippen LogP contribution in [0.2, 0.25) is 0 Å². The van der Waals surface area contributed by atoms with Gasteiger partial charge in [0, 0.05) is 0 Å². The summed E-state index contributed by atoms with van der Waals surface area (Å²) >= 11 is 0. The van der Waals surface area contributed by atoms with Crippen molar-refractivity contribution in [2.45, 2.75) is 12.7 Å². The summed E-state index contributed by atoms with van der Waals surface area (Å²) in [7, 11) is 0. The smallest absolute Gasteiger partial charge is 0.166 e. The molecule has 1 aliphatic heterocycles. The first-order valence-electron chi connectivity index (χ1n) is 4.18. The van der Waals surface area contributed by atoms with Gasteiger partial charge in [-0.1, -0.05) is 34.7 Å². The van der Waals surface area contributed by atoms with E-state index in [0.717, 1.165) is 11.1 Å². The van der Waals surface area contributed by atoms with Crippen LogP contribution >= 0.6 is 0 Å². The van der Waals surface area contributed by atoms with E-state index in [-0.39, 0.29) is 12.7 Å². The molecule has 2 N–H and O–H groups in total. The van der Waals surface area contributed by atoms with Gasteiger partial charge < -0.3 is 0 Å². The molecular formula is C8H9N5O. The van der Waals surface area contributed by atoms with Gasteiger partial charge in [-0.15, -0.1) is 5.11 Å². The first-order chi connectivity index (χ1) is 6.90. The molecule has 0 spiro atoms. The van der Waals surface area contributed by atoms with E-state index >= 15 is 0 Å². The van der Waals surface area contributed by atoms with Gasteiger partial charge in [0.05, 0.1) is 0 Å². The second-order valence-electron chi connectivity index (χ2n) is 2.90. The molecule has 1 aromatic rings. The third-order valence-electron chi connectivity index (χ3n) is 1.97. The van der Waals surface area contributed by atoms with Gasteiger partial charge in [0.2, 0.25) is 0 Å². The van der Waals surface area contributed by atoms with Crippen LogP contribution in [-0.2, 0) is 6.54 Å². The highest BCUT2D eigenvalue weighted by atomic mass is 16.3. The molecule has 6 nitrogen and oxygen atoms in total. The number of rotatable bonds is 3. The van der Waals surface area contributed by atoms with Crippen molar-refractivity contribution < 1.29 is 0 Å². The molecule has 6 heteroatoms. The van der Waals surface area contributed by atoms with Crippen LogP contribution in [0.5, 0.6) is 0 Å². The molecule has 0 fully saturated rings. The maximum atomic E-state index is 10.0. The Bertz CT molecular complexity index is 347. The van der Waals surface area contributed by atoms with Crippen molar-refractivity contribution in [1.29, 1.82) is 0 Å². The zero-order valence-electron chi connectivity index (χ0n) is 7.34. The summed E-state index contributed by atoms with van der Waals surface area (Å²) < 4.78 is 0. The molecule has 1 aliphatic rings. The first-order valence-corrected chi connectivity index (χ1v) is 4.18. The summed E-state index contributed by atoms with van der Waals surface area (Å²) in [4.78, 5) is 10.0. The number of nitrogens with zero attached hydrogens (tertiary/aromatic N) is 3. The highest BCUT2D eigenvalue weighted by Gasteiger charge is 2.12. The number of nitrogens with one attached hydrogen (secondary N) is 2. The Morgan fingerprint density at radius 1 is 1.36 bits per heavy atom. The van der Waals surface area contributed by atoms with Gasteiger partial charge in [0.15, 0.2) is 6.17 Å². The third kappa shape index (κ3) is 1.74. The fourth-order valence-electron chi connectivity index (χ4n) is 1.24. The molecule has 0 saturated carbocycles. The lowest BCUT2D eigenvalue weighted by atomic mass is 10.1. The molecule has 14 heavy (non-hydrogen) atoms. The highest BCUT2D eigenvalue weighted by Crippen LogP contribution is 2.17. The maximum absolute atomic E-state index is 10.0. The van der Waals surface area contributed by atoms with Gasteiger partial charge in [-0.05, 0) is 11.1 Å². The van der Waals surface area contributed by atoms with Crippen LogP contribution in [0.15, 0.2) is 39.8 Å². The molecular weight excluding hydrogens is 182 g/mol. The standard InChI is InChI=1S/C8H9N5O/c14-9-5-6-1-3-7(4-2-6)8-10-12-13-11-8/h1-4,8H,5H2,(H,10,13)(H,11,12). The van der Waals surface area contributed by atoms with Crippen LogP contribution in [-0.4, -0.2) is 0 Å². The minimum atomic E-state index is -0.145. The Morgan fingerprint density at radius 3 is 2.71 bits per heavy atom. The molecule has 0 radical (unpaired) electrons. The summed E-state index contributed by atoms with van der Waals surface area (Å²) in [6.07, 6.45) is -0.145. The quantitative estimate of drug-likeness (QED) is 0.709. The van der Waals surface area contributed by atoms with Gasteiger partial charge in [0.25, 0.3) is 0 Å². The molecule has 0 aromatic heterocycles. The van der Waals surface area contributed by atoms with Crippen LogP contribution in [0.4, 0.5) is 0 Å². The molecule has 1 unspecified atom stereocenters. The number of hydrogen-bond donors (Lipinski definition) is 2. The predicted molar refractivity (Wildman–Crippen MR) is 49.8 cm³/mol. The van der Waals surface area contributed by atoms with Crippen molar-refractivity contribution in [3.63, 3.8) is 0 Å². The lowest BCUT2D eigenvalue weighted by Gasteiger charge is -2.05. The summed E-state index contributed by atoms with van der Waals surface area (Å²) in [6, 6.07) is 7.49. The van der Waals surface area contributed by atoms with Crippen molar-refractivity contribution in [1.82, 2.24) is 11.0 Å². The Labute approximate surface area is 80.3 Å². The van der Waals surface area contributed by atoms with Crippen molar-refractivity contribution in [3.05, 3.63) is 40.3 Å². The lowest BCUT2D eigenvalue weighted by molar-refractivity contribution is 0.552. The second kappa shape index (κ2) is 3.93. The van der Waals surface area contributed by atoms with Crippen LogP contribution in [0.25, 0.3) is 0 Å². The Kier molecular flexibility index (Phi) is 2.46. The van der Waals surface area contributed by atoms with Crippen LogP contribution in [0, 0.1) is 4.91 Å². The van der Waals surface area contributed by atoms with E-state index in [0.29, 0.717) is 0 Å². The summed E-state index contributed by atoms with van der Waals surface area (Å²) in [5.41, 5.74) is 7.30. The van der Waals surface area contributed by atoms with Crippen molar-refractivity contribution >= 4 is 0 Å². The molecule has 72 valence electrons. The second-order valence-corrected chi connectivity index (χ2v) is 2.90. The van der Waals surface area contributed by atoms with Crippen molar-refractivity contribution in [2.75, 3.05) is 0 Å². The van der Waals surface area contributed by atoms with Crippen molar-refractivity contribution in [3.8, 4) is 0 Å². The largest absolute Gasteiger partial charge is 0.222 e. The number of benzene rings is 1. The topological polar surface area (TPSA) is 78.2 Å². The number of nitroso groups, excluding NO2 is 1. The van der Waals surface area contributed by atoms with Crippen LogP contribution in [0.3, 0.4) is 0 Å². The fourth-order valence-corrected chi connectivity index (χ4v) is 1.24. The van der Waals surface area contributed by atoms with E-state index in [4.69, 9.17) is 0 Å². The Balaban J connectivity index is 2.12. The first kappa shape index (κ1) is 8.76. The van der Waals surface area contributed by atoms with E-state index in [1.54, 1.807) is 0 Å². The normalized spacial score (nSPS) is 19.3. The minimum Gasteiger partial charge on any atom is -0.222 e. The third-order valence-corrected chi connectivity index (χ3v) is 1.97. The highest BCUT2D eigenvalue weighted by molar-refractivity contribution is 5.24. The monoisotopic (exact) mass is 191 g/mol. The van der Waals surface area contributed by atoms with Crippen molar-refractivity contribution in [2.24, 2.45) is 15.5 Å². The van der Waals surface area contributed by atoms with E-state index in [2.05, 4.69) is 26.5 Å². The average molecular weight is 191 g/mol. The molecule has 0 aliphatic carbocycles. The van der Waals surface area contributed by atoms with Gasteiger partial charge in [-0.2, -0.15) is 10.3 Å². The zero-order valence-corrected chi connectivity index (χ0v) is 7.34. The van der Waals surface area contributed by atoms with E-state index in [1.165, 1.54) is 0 Å². The van der Waals surface area contributed by atoms with Crippen LogP contribution < -0.4 is 11.0 Å². The summed E-state index contributed by atoms with van der Waals surface area (Å²) in [5.74, 6) is 0. The maximum Gasteiger partial charge on any atom is 0.166 e. The average Bonchev–Trinajstić information content (AvgIpc) is 2.72. The summed E-state index contributed by atoms with van der Waals surface area (Å²) in [5, 5.41) is 10.3. The fraction of sp³-hybridized carbons (Fsp3) is 0.250.